The van der Waals surface area contributed by atoms with Gasteiger partial charge in [-0.05, 0) is 71.5 Å². The fourth-order valence-electron chi connectivity index (χ4n) is 3.64. The molecule has 0 aromatic rings. The largest absolute Gasteiger partial charge is 0.439 e. The van der Waals surface area contributed by atoms with Crippen molar-refractivity contribution in [1.29, 1.82) is 0 Å². The number of hydrogen-bond donors (Lipinski definition) is 0. The van der Waals surface area contributed by atoms with Gasteiger partial charge in [0.2, 0.25) is 0 Å². The van der Waals surface area contributed by atoms with Crippen LogP contribution in [0.5, 0.6) is 0 Å². The minimum atomic E-state index is -1.52. The van der Waals surface area contributed by atoms with Gasteiger partial charge in [-0.25, -0.2) is 0 Å². The third kappa shape index (κ3) is 28.3. The molecule has 0 fully saturated rings. The monoisotopic (exact) mass is 819 g/mol. The van der Waals surface area contributed by atoms with Gasteiger partial charge < -0.3 is 30.3 Å². The van der Waals surface area contributed by atoms with E-state index in [2.05, 4.69) is 93.2 Å². The molecule has 0 rings (SSSR count). The van der Waals surface area contributed by atoms with Crippen molar-refractivity contribution in [2.24, 2.45) is 11.8 Å². The first-order valence-electron chi connectivity index (χ1n) is 12.5. The summed E-state index contributed by atoms with van der Waals surface area (Å²) in [6.07, 6.45) is 5.20. The first-order chi connectivity index (χ1) is 14.5. The summed E-state index contributed by atoms with van der Waals surface area (Å²) in [7, 11) is -6.84. The molecule has 33 heavy (non-hydrogen) atoms. The van der Waals surface area contributed by atoms with Crippen molar-refractivity contribution in [2.75, 3.05) is 0 Å². The Kier molecular flexibility index (Phi) is 22.1. The van der Waals surface area contributed by atoms with E-state index in [1.54, 1.807) is 0 Å². The van der Waals surface area contributed by atoms with E-state index in [0.717, 1.165) is 6.04 Å². The van der Waals surface area contributed by atoms with Gasteiger partial charge in [-0.2, -0.15) is 11.8 Å². The molecule has 0 bridgehead atoms. The van der Waals surface area contributed by atoms with Crippen LogP contribution < -0.4 is 0 Å². The van der Waals surface area contributed by atoms with Crippen molar-refractivity contribution < 1.29 is 16.5 Å². The van der Waals surface area contributed by atoms with Gasteiger partial charge >= 0.3 is 18.6 Å². The second-order valence-electron chi connectivity index (χ2n) is 11.1. The van der Waals surface area contributed by atoms with E-state index < -0.39 is 53.3 Å². The summed E-state index contributed by atoms with van der Waals surface area (Å²) in [6.45, 7) is 34.6. The van der Waals surface area contributed by atoms with Gasteiger partial charge in [0.05, 0.1) is 0 Å². The molecule has 2 radical (unpaired) electrons. The summed E-state index contributed by atoms with van der Waals surface area (Å²) in [4.78, 5) is 0. The predicted octanol–water partition coefficient (Wildman–Crippen LogP) is 7.15. The van der Waals surface area contributed by atoms with Gasteiger partial charge in [0.1, 0.15) is 0 Å². The molecular weight excluding hydrogens is 764 g/mol. The van der Waals surface area contributed by atoms with Crippen LogP contribution in [0, 0.1) is 25.7 Å². The summed E-state index contributed by atoms with van der Waals surface area (Å²) < 4.78 is 24.0. The zero-order valence-electron chi connectivity index (χ0n) is 24.3. The molecule has 0 amide bonds. The van der Waals surface area contributed by atoms with E-state index >= 15 is 0 Å². The second-order valence-corrected chi connectivity index (χ2v) is 28.7. The van der Waals surface area contributed by atoms with Crippen molar-refractivity contribution in [3.63, 3.8) is 0 Å². The molecule has 0 spiro atoms. The summed E-state index contributed by atoms with van der Waals surface area (Å²) in [5.74, 6) is 1.09. The first-order valence-corrected chi connectivity index (χ1v) is 27.9. The Morgan fingerprint density at radius 2 is 1.15 bits per heavy atom. The smallest absolute Gasteiger partial charge is 0.359 e. The van der Waals surface area contributed by atoms with Crippen molar-refractivity contribution >= 4 is 53.3 Å². The van der Waals surface area contributed by atoms with Crippen LogP contribution in [0.3, 0.4) is 0 Å². The predicted molar refractivity (Wildman–Crippen MR) is 157 cm³/mol. The molecule has 0 saturated carbocycles. The Morgan fingerprint density at radius 1 is 0.727 bits per heavy atom. The van der Waals surface area contributed by atoms with Gasteiger partial charge in [0.15, 0.2) is 34.7 Å². The fourth-order valence-corrected chi connectivity index (χ4v) is 20.0. The molecule has 0 heterocycles. The van der Waals surface area contributed by atoms with E-state index in [9.17, 15) is 0 Å². The maximum Gasteiger partial charge on any atom is 0.359 e. The van der Waals surface area contributed by atoms with Crippen molar-refractivity contribution in [1.82, 2.24) is 0 Å². The average molecular weight is 820 g/mol. The average Bonchev–Trinajstić information content (AvgIpc) is 2.50. The molecule has 196 valence electrons. The fraction of sp³-hybridized carbons (Fsp3) is 0.909. The SMILES string of the molecule is [CH2-]C(C)CCCCC[Si](C)(C)O[Si](C)O[SiH](C)C.[CH2-]C(C)C[Si](C)(C)O[Si](C)O[SiH](C)C.[Rf]. The van der Waals surface area contributed by atoms with Crippen LogP contribution in [-0.2, 0) is 16.5 Å². The van der Waals surface area contributed by atoms with Gasteiger partial charge in [0.25, 0.3) is 0 Å². The van der Waals surface area contributed by atoms with Crippen LogP contribution in [0.15, 0.2) is 0 Å². The third-order valence-electron chi connectivity index (χ3n) is 4.46. The molecule has 0 aliphatic heterocycles. The Morgan fingerprint density at radius 3 is 1.52 bits per heavy atom. The summed E-state index contributed by atoms with van der Waals surface area (Å²) in [5.41, 5.74) is 0. The van der Waals surface area contributed by atoms with E-state index in [-0.39, 0.29) is 0 Å². The van der Waals surface area contributed by atoms with Crippen LogP contribution in [0.2, 0.25) is 77.6 Å². The van der Waals surface area contributed by atoms with Crippen molar-refractivity contribution in [2.45, 2.75) is 117 Å². The normalized spacial score (nSPS) is 14.4. The zero-order chi connectivity index (χ0) is 25.5. The molecule has 0 aromatic heterocycles. The summed E-state index contributed by atoms with van der Waals surface area (Å²) in [5, 5.41) is 0. The molecule has 0 aliphatic carbocycles. The minimum absolute atomic E-state index is 0. The molecule has 0 N–H and O–H groups in total. The van der Waals surface area contributed by atoms with Crippen molar-refractivity contribution in [3.8, 4) is 0 Å². The van der Waals surface area contributed by atoms with Crippen LogP contribution in [0.4, 0.5) is 0 Å². The molecule has 2 unspecified atom stereocenters. The van der Waals surface area contributed by atoms with Gasteiger partial charge in [-0.15, -0.1) is 0 Å². The van der Waals surface area contributed by atoms with E-state index in [4.69, 9.17) is 16.5 Å². The Balaban J connectivity index is -0.000000545. The van der Waals surface area contributed by atoms with E-state index in [1.165, 1.54) is 31.7 Å². The van der Waals surface area contributed by atoms with Crippen LogP contribution in [0.25, 0.3) is 0 Å². The zero-order valence-corrected chi connectivity index (χ0v) is 37.0. The Labute approximate surface area is 212 Å². The van der Waals surface area contributed by atoms with Gasteiger partial charge in [-0.3, -0.25) is 0 Å². The summed E-state index contributed by atoms with van der Waals surface area (Å²) in [6, 6.07) is 2.39. The summed E-state index contributed by atoms with van der Waals surface area (Å²) >= 11 is 0. The molecular formula is C22H56O4RfSi6-2. The maximum absolute atomic E-state index is 6.22. The molecule has 11 heteroatoms. The standard InChI is InChI=1S/C13H32O2Si3.C9H24O2Si3.Rf/c1-13(2)11-9-8-10-12-18(6,7)15-17(5)14-16(3)4;1-9(2)8-14(6,7)11-13(5)10-12(3)4;/h13,16H,1,8-12H2,2-7H3;9,12H,1,8H2,2-7H3;/q2*-1;. The van der Waals surface area contributed by atoms with Gasteiger partial charge in [-0.1, -0.05) is 45.6 Å². The van der Waals surface area contributed by atoms with Crippen LogP contribution >= 0.6 is 0 Å². The second kappa shape index (κ2) is 19.3. The molecule has 0 aliphatic rings. The van der Waals surface area contributed by atoms with Crippen LogP contribution in [0.1, 0.15) is 39.5 Å². The van der Waals surface area contributed by atoms with E-state index in [0.29, 0.717) is 11.8 Å². The minimum Gasteiger partial charge on any atom is -0.439 e. The Bertz CT molecular complexity index is 455. The number of unbranched alkanes of at least 4 members (excludes halogenated alkanes) is 2. The maximum atomic E-state index is 6.22. The third-order valence-corrected chi connectivity index (χ3v) is 20.8. The van der Waals surface area contributed by atoms with Gasteiger partial charge in [0, 0.05) is 0 Å². The molecule has 4 nitrogen and oxygen atoms in total. The topological polar surface area (TPSA) is 36.9 Å². The molecule has 0 aromatic carbocycles. The van der Waals surface area contributed by atoms with Crippen LogP contribution in [-0.4, -0.2) is 53.3 Å². The van der Waals surface area contributed by atoms with E-state index in [1.807, 2.05) is 0 Å². The Hall–Kier alpha value is 0.141. The number of rotatable bonds is 16. The van der Waals surface area contributed by atoms with Crippen molar-refractivity contribution in [3.05, 3.63) is 13.8 Å². The molecule has 0 saturated heterocycles. The quantitative estimate of drug-likeness (QED) is 0.0943. The molecule has 2 atom stereocenters. The number of hydrogen-bond acceptors (Lipinski definition) is 4. The first kappa shape index (κ1) is 37.7.